The molecule has 0 aromatic rings. The van der Waals surface area contributed by atoms with E-state index in [2.05, 4.69) is 15.8 Å². The number of rotatable bonds is 2. The van der Waals surface area contributed by atoms with Crippen LogP contribution in [0.4, 0.5) is 0 Å². The highest BCUT2D eigenvalue weighted by Crippen LogP contribution is 2.37. The van der Waals surface area contributed by atoms with Crippen molar-refractivity contribution < 1.29 is 4.74 Å². The molecule has 0 radical (unpaired) electrons. The van der Waals surface area contributed by atoms with Crippen LogP contribution in [-0.4, -0.2) is 11.9 Å². The molecule has 1 aliphatic heterocycles. The summed E-state index contributed by atoms with van der Waals surface area (Å²) in [7, 11) is 2.65. The van der Waals surface area contributed by atoms with Crippen LogP contribution in [0.2, 0.25) is 0 Å². The summed E-state index contributed by atoms with van der Waals surface area (Å²) in [4.78, 5) is 0. The van der Waals surface area contributed by atoms with Crippen LogP contribution >= 0.6 is 9.24 Å². The SMILES string of the molecule is C=CCC1(P)CO1. The van der Waals surface area contributed by atoms with E-state index >= 15 is 0 Å². The van der Waals surface area contributed by atoms with Crippen LogP contribution in [-0.2, 0) is 4.74 Å². The highest BCUT2D eigenvalue weighted by molar-refractivity contribution is 7.19. The van der Waals surface area contributed by atoms with Crippen LogP contribution in [0, 0.1) is 0 Å². The predicted molar refractivity (Wildman–Crippen MR) is 33.2 cm³/mol. The van der Waals surface area contributed by atoms with Gasteiger partial charge in [0.2, 0.25) is 0 Å². The van der Waals surface area contributed by atoms with Gasteiger partial charge in [0, 0.05) is 0 Å². The molecule has 1 saturated heterocycles. The van der Waals surface area contributed by atoms with Gasteiger partial charge in [-0.25, -0.2) is 0 Å². The summed E-state index contributed by atoms with van der Waals surface area (Å²) in [5.41, 5.74) is 0. The first kappa shape index (κ1) is 5.27. The minimum absolute atomic E-state index is 0.0990. The summed E-state index contributed by atoms with van der Waals surface area (Å²) in [5.74, 6) is 0. The quantitative estimate of drug-likeness (QED) is 0.299. The minimum atomic E-state index is 0.0990. The third kappa shape index (κ3) is 1.25. The first-order valence-corrected chi connectivity index (χ1v) is 2.88. The summed E-state index contributed by atoms with van der Waals surface area (Å²) >= 11 is 0. The molecule has 40 valence electrons. The van der Waals surface area contributed by atoms with Gasteiger partial charge in [0.25, 0.3) is 0 Å². The lowest BCUT2D eigenvalue weighted by atomic mass is 10.3. The fourth-order valence-corrected chi connectivity index (χ4v) is 0.705. The maximum atomic E-state index is 5.03. The fourth-order valence-electron chi connectivity index (χ4n) is 0.455. The summed E-state index contributed by atoms with van der Waals surface area (Å²) in [6, 6.07) is 0. The first-order chi connectivity index (χ1) is 3.27. The van der Waals surface area contributed by atoms with E-state index in [0.29, 0.717) is 0 Å². The number of epoxide rings is 1. The molecule has 0 aliphatic carbocycles. The average Bonchev–Trinajstić information content (AvgIpc) is 2.22. The normalized spacial score (nSPS) is 37.9. The van der Waals surface area contributed by atoms with Crippen LogP contribution in [0.1, 0.15) is 6.42 Å². The second-order valence-electron chi connectivity index (χ2n) is 1.85. The number of hydrogen-bond acceptors (Lipinski definition) is 1. The molecule has 1 rings (SSSR count). The monoisotopic (exact) mass is 116 g/mol. The fraction of sp³-hybridized carbons (Fsp3) is 0.600. The smallest absolute Gasteiger partial charge is 0.108 e. The molecule has 2 atom stereocenters. The van der Waals surface area contributed by atoms with Crippen LogP contribution < -0.4 is 0 Å². The van der Waals surface area contributed by atoms with Gasteiger partial charge in [0.1, 0.15) is 5.34 Å². The molecular formula is C5H9OP. The van der Waals surface area contributed by atoms with Gasteiger partial charge in [-0.15, -0.1) is 15.8 Å². The molecule has 0 aromatic carbocycles. The molecule has 1 nitrogen and oxygen atoms in total. The Labute approximate surface area is 45.9 Å². The van der Waals surface area contributed by atoms with E-state index in [-0.39, 0.29) is 5.34 Å². The van der Waals surface area contributed by atoms with E-state index in [1.807, 2.05) is 6.08 Å². The highest BCUT2D eigenvalue weighted by atomic mass is 31.0. The summed E-state index contributed by atoms with van der Waals surface area (Å²) in [6.45, 7) is 4.47. The lowest BCUT2D eigenvalue weighted by Gasteiger charge is -1.94. The molecule has 1 aliphatic rings. The highest BCUT2D eigenvalue weighted by Gasteiger charge is 2.37. The van der Waals surface area contributed by atoms with Gasteiger partial charge in [0.15, 0.2) is 0 Å². The zero-order valence-electron chi connectivity index (χ0n) is 4.18. The van der Waals surface area contributed by atoms with Gasteiger partial charge in [-0.05, 0) is 6.42 Å². The van der Waals surface area contributed by atoms with Crippen molar-refractivity contribution in [2.45, 2.75) is 11.8 Å². The van der Waals surface area contributed by atoms with Crippen molar-refractivity contribution in [1.29, 1.82) is 0 Å². The lowest BCUT2D eigenvalue weighted by Crippen LogP contribution is -1.93. The van der Waals surface area contributed by atoms with Gasteiger partial charge in [0.05, 0.1) is 6.61 Å². The molecule has 0 N–H and O–H groups in total. The Morgan fingerprint density at radius 3 is 2.71 bits per heavy atom. The standard InChI is InChI=1S/C5H9OP/c1-2-3-5(7)4-6-5/h2H,1,3-4,7H2. The van der Waals surface area contributed by atoms with Crippen molar-refractivity contribution in [2.24, 2.45) is 0 Å². The van der Waals surface area contributed by atoms with Crippen LogP contribution in [0.5, 0.6) is 0 Å². The van der Waals surface area contributed by atoms with Crippen LogP contribution in [0.25, 0.3) is 0 Å². The predicted octanol–water partition coefficient (Wildman–Crippen LogP) is 1.16. The topological polar surface area (TPSA) is 12.5 Å². The van der Waals surface area contributed by atoms with E-state index in [1.165, 1.54) is 0 Å². The molecule has 0 saturated carbocycles. The molecule has 0 bridgehead atoms. The van der Waals surface area contributed by atoms with Gasteiger partial charge in [-0.2, -0.15) is 0 Å². The minimum Gasteiger partial charge on any atom is -0.365 e. The Bertz CT molecular complexity index is 86.1. The molecule has 0 spiro atoms. The van der Waals surface area contributed by atoms with Gasteiger partial charge >= 0.3 is 0 Å². The van der Waals surface area contributed by atoms with Gasteiger partial charge in [-0.1, -0.05) is 6.08 Å². The van der Waals surface area contributed by atoms with E-state index in [0.717, 1.165) is 13.0 Å². The largest absolute Gasteiger partial charge is 0.365 e. The van der Waals surface area contributed by atoms with E-state index in [4.69, 9.17) is 4.74 Å². The van der Waals surface area contributed by atoms with Crippen molar-refractivity contribution in [3.8, 4) is 0 Å². The maximum Gasteiger partial charge on any atom is 0.108 e. The molecule has 1 heterocycles. The molecule has 0 amide bonds. The zero-order chi connectivity index (χ0) is 5.33. The Hall–Kier alpha value is 0.130. The molecule has 0 aromatic heterocycles. The lowest BCUT2D eigenvalue weighted by molar-refractivity contribution is 0.387. The summed E-state index contributed by atoms with van der Waals surface area (Å²) in [5, 5.41) is 0.0990. The van der Waals surface area contributed by atoms with Gasteiger partial charge < -0.3 is 4.74 Å². The Morgan fingerprint density at radius 1 is 2.00 bits per heavy atom. The molecule has 7 heavy (non-hydrogen) atoms. The average molecular weight is 116 g/mol. The molecular weight excluding hydrogens is 107 g/mol. The Kier molecular flexibility index (Phi) is 1.18. The maximum absolute atomic E-state index is 5.03. The van der Waals surface area contributed by atoms with E-state index < -0.39 is 0 Å². The molecule has 1 fully saturated rings. The number of hydrogen-bond donors (Lipinski definition) is 0. The second-order valence-corrected chi connectivity index (χ2v) is 2.90. The van der Waals surface area contributed by atoms with Crippen LogP contribution in [0.15, 0.2) is 12.7 Å². The third-order valence-electron chi connectivity index (χ3n) is 1.00. The summed E-state index contributed by atoms with van der Waals surface area (Å²) in [6.07, 6.45) is 2.83. The summed E-state index contributed by atoms with van der Waals surface area (Å²) < 4.78 is 5.03. The number of ether oxygens (including phenoxy) is 1. The van der Waals surface area contributed by atoms with Crippen molar-refractivity contribution >= 4 is 9.24 Å². The van der Waals surface area contributed by atoms with Crippen molar-refractivity contribution in [2.75, 3.05) is 6.61 Å². The van der Waals surface area contributed by atoms with Crippen molar-refractivity contribution in [3.05, 3.63) is 12.7 Å². The molecule has 2 unspecified atom stereocenters. The van der Waals surface area contributed by atoms with E-state index in [1.54, 1.807) is 0 Å². The van der Waals surface area contributed by atoms with Crippen LogP contribution in [0.3, 0.4) is 0 Å². The first-order valence-electron chi connectivity index (χ1n) is 2.31. The Morgan fingerprint density at radius 2 is 2.57 bits per heavy atom. The Balaban J connectivity index is 2.25. The van der Waals surface area contributed by atoms with Gasteiger partial charge in [-0.3, -0.25) is 0 Å². The third-order valence-corrected chi connectivity index (χ3v) is 1.57. The van der Waals surface area contributed by atoms with E-state index in [9.17, 15) is 0 Å². The van der Waals surface area contributed by atoms with Crippen molar-refractivity contribution in [3.63, 3.8) is 0 Å². The zero-order valence-corrected chi connectivity index (χ0v) is 5.34. The second kappa shape index (κ2) is 1.57. The van der Waals surface area contributed by atoms with Crippen molar-refractivity contribution in [1.82, 2.24) is 0 Å². The molecule has 2 heteroatoms.